The molecule has 524 valence electrons. The smallest absolute Gasteiger partial charge is 0.199 e. The summed E-state index contributed by atoms with van der Waals surface area (Å²) in [5.41, 5.74) is 3.91. The van der Waals surface area contributed by atoms with Crippen LogP contribution in [0, 0.1) is 123 Å². The Morgan fingerprint density at radius 2 is 0.897 bits per heavy atom. The Kier molecular flexibility index (Phi) is 18.6. The van der Waals surface area contributed by atoms with E-state index in [9.17, 15) is 29.7 Å². The molecular formula is C79H110BrN11O6. The summed E-state index contributed by atoms with van der Waals surface area (Å²) < 4.78 is 3.49. The molecule has 97 heavy (non-hydrogen) atoms. The lowest BCUT2D eigenvalue weighted by Crippen LogP contribution is -2.51. The molecule has 6 heterocycles. The molecule has 0 unspecified atom stereocenters. The number of Topliss-reactive ketones (excluding diaryl/α,β-unsaturated/α-hetero) is 3. The van der Waals surface area contributed by atoms with Crippen LogP contribution in [-0.4, -0.2) is 110 Å². The Morgan fingerprint density at radius 1 is 0.464 bits per heavy atom. The van der Waals surface area contributed by atoms with Crippen LogP contribution < -0.4 is 0 Å². The molecule has 12 aliphatic carbocycles. The van der Waals surface area contributed by atoms with E-state index in [1.54, 1.807) is 59.0 Å². The van der Waals surface area contributed by atoms with Crippen LogP contribution in [-0.2, 0) is 34.0 Å². The topological polar surface area (TPSA) is 237 Å². The number of fused-ring (bicyclic) bond motifs is 18. The minimum atomic E-state index is -0.455. The second-order valence-corrected chi connectivity index (χ2v) is 36.2. The molecule has 1 aliphatic heterocycles. The number of ketones is 3. The van der Waals surface area contributed by atoms with Crippen LogP contribution in [0.3, 0.4) is 0 Å². The van der Waals surface area contributed by atoms with Gasteiger partial charge in [0.05, 0.1) is 53.3 Å². The summed E-state index contributed by atoms with van der Waals surface area (Å²) in [6, 6.07) is 0. The van der Waals surface area contributed by atoms with Crippen LogP contribution in [0.1, 0.15) is 226 Å². The van der Waals surface area contributed by atoms with Gasteiger partial charge in [-0.05, 0) is 299 Å². The highest BCUT2D eigenvalue weighted by molar-refractivity contribution is 9.09. The standard InChI is InChI=1S/2C26H36N4O2.C21H33BrO2.C6H5N3/c1-25(32)9-7-17-16(13-25)3-4-19-18(17)8-10-26(2)20(19)5-6-21(26)23(31)15-30-14-22-24(29-30)28-12-11-27-22;1-25(32)9-7-17-16(13-25)3-4-19-18(17)8-10-26(2)20(19)5-6-21(26)23(31)15-30-24-22(14-29-30)27-11-12-28-24;1-20(24)9-7-14-13(11-20)3-4-16-15(14)8-10-21(2)17(16)5-6-18(21)19(23)12-22;1-2-9-6-4-7-3-5(6)8-1/h2*11-12,14,16-21,32H,3-10,13,15H2,1-2H3;13-18,24H,3-12H2,1-2H3;1-3H,4H2/t2*16-,17+,18-,19-,20+,21-,25-,26+;13-,14+,15-,16-,17+,18-,20-,21+;/m111./s1. The molecule has 24 atom stereocenters. The van der Waals surface area contributed by atoms with Gasteiger partial charge in [0, 0.05) is 61.1 Å². The van der Waals surface area contributed by atoms with Crippen molar-refractivity contribution in [3.8, 4) is 0 Å². The molecule has 17 nitrogen and oxygen atoms in total. The minimum absolute atomic E-state index is 0.125. The summed E-state index contributed by atoms with van der Waals surface area (Å²) in [6.45, 7) is 14.7. The largest absolute Gasteiger partial charge is 0.390 e. The Labute approximate surface area is 583 Å². The van der Waals surface area contributed by atoms with E-state index in [0.717, 1.165) is 145 Å². The number of aromatic nitrogens is 10. The van der Waals surface area contributed by atoms with Gasteiger partial charge in [0.2, 0.25) is 0 Å². The van der Waals surface area contributed by atoms with Crippen LogP contribution in [0.2, 0.25) is 0 Å². The molecule has 0 bridgehead atoms. The van der Waals surface area contributed by atoms with Gasteiger partial charge < -0.3 is 15.3 Å². The van der Waals surface area contributed by atoms with Crippen molar-refractivity contribution in [3.05, 3.63) is 61.0 Å². The van der Waals surface area contributed by atoms with Crippen molar-refractivity contribution >= 4 is 61.8 Å². The Morgan fingerprint density at radius 3 is 1.38 bits per heavy atom. The van der Waals surface area contributed by atoms with Gasteiger partial charge in [0.15, 0.2) is 22.9 Å². The first-order valence-corrected chi connectivity index (χ1v) is 39.5. The summed E-state index contributed by atoms with van der Waals surface area (Å²) in [7, 11) is 0. The summed E-state index contributed by atoms with van der Waals surface area (Å²) in [5, 5.41) is 41.1. The van der Waals surface area contributed by atoms with Crippen molar-refractivity contribution < 1.29 is 29.7 Å². The molecule has 0 radical (unpaired) electrons. The number of nitrogens with zero attached hydrogens (tertiary/aromatic N) is 11. The second-order valence-electron chi connectivity index (χ2n) is 35.6. The highest BCUT2D eigenvalue weighted by Gasteiger charge is 2.62. The van der Waals surface area contributed by atoms with Gasteiger partial charge in [-0.25, -0.2) is 24.6 Å². The van der Waals surface area contributed by atoms with E-state index in [1.165, 1.54) is 116 Å². The number of carbonyl (C=O) groups is 3. The number of halogens is 1. The van der Waals surface area contributed by atoms with Gasteiger partial charge in [0.1, 0.15) is 29.1 Å². The second kappa shape index (κ2) is 26.6. The van der Waals surface area contributed by atoms with Crippen LogP contribution in [0.15, 0.2) is 54.6 Å². The third-order valence-electron chi connectivity index (χ3n) is 30.4. The van der Waals surface area contributed by atoms with Gasteiger partial charge in [-0.1, -0.05) is 36.7 Å². The van der Waals surface area contributed by atoms with Gasteiger partial charge in [-0.15, -0.1) is 0 Å². The molecule has 0 spiro atoms. The molecule has 12 fully saturated rings. The summed E-state index contributed by atoms with van der Waals surface area (Å²) >= 11 is 3.42. The Hall–Kier alpha value is -4.78. The maximum absolute atomic E-state index is 13.5. The summed E-state index contributed by atoms with van der Waals surface area (Å²) in [6.07, 6.45) is 47.0. The van der Waals surface area contributed by atoms with Crippen molar-refractivity contribution in [3.63, 3.8) is 0 Å². The third kappa shape index (κ3) is 12.8. The number of hydrogen-bond donors (Lipinski definition) is 3. The molecule has 12 saturated carbocycles. The maximum atomic E-state index is 13.5. The molecule has 0 amide bonds. The van der Waals surface area contributed by atoms with Crippen molar-refractivity contribution in [1.29, 1.82) is 0 Å². The van der Waals surface area contributed by atoms with E-state index < -0.39 is 16.8 Å². The number of hydrogen-bond acceptors (Lipinski definition) is 15. The predicted octanol–water partition coefficient (Wildman–Crippen LogP) is 14.2. The Bertz CT molecular complexity index is 3700. The average molecular weight is 1390 g/mol. The van der Waals surface area contributed by atoms with Gasteiger partial charge in [-0.3, -0.25) is 34.0 Å². The van der Waals surface area contributed by atoms with Crippen molar-refractivity contribution in [2.75, 3.05) is 5.33 Å². The summed E-state index contributed by atoms with van der Waals surface area (Å²) in [5.74, 6) is 13.3. The normalized spacial score (nSPS) is 43.3. The molecular weight excluding hydrogens is 1280 g/mol. The lowest BCUT2D eigenvalue weighted by Gasteiger charge is -2.56. The molecule has 0 saturated heterocycles. The minimum Gasteiger partial charge on any atom is -0.390 e. The van der Waals surface area contributed by atoms with Gasteiger partial charge in [0.25, 0.3) is 0 Å². The molecule has 0 aromatic carbocycles. The van der Waals surface area contributed by atoms with E-state index in [-0.39, 0.29) is 28.1 Å². The molecule has 5 aromatic heterocycles. The third-order valence-corrected chi connectivity index (χ3v) is 30.9. The number of rotatable bonds is 8. The van der Waals surface area contributed by atoms with Crippen LogP contribution >= 0.6 is 15.9 Å². The quantitative estimate of drug-likeness (QED) is 0.123. The van der Waals surface area contributed by atoms with E-state index in [4.69, 9.17) is 0 Å². The van der Waals surface area contributed by atoms with Gasteiger partial charge in [-0.2, -0.15) is 10.2 Å². The van der Waals surface area contributed by atoms with E-state index in [0.29, 0.717) is 83.2 Å². The number of carbonyl (C=O) groups excluding carboxylic acids is 3. The number of alkyl halides is 1. The highest BCUT2D eigenvalue weighted by Crippen LogP contribution is 2.68. The zero-order chi connectivity index (χ0) is 67.4. The van der Waals surface area contributed by atoms with E-state index in [2.05, 4.69) is 81.8 Å². The van der Waals surface area contributed by atoms with Crippen LogP contribution in [0.4, 0.5) is 0 Å². The first kappa shape index (κ1) is 68.0. The fraction of sp³-hybridized carbons (Fsp3) is 0.772. The molecule has 13 aliphatic rings. The predicted molar refractivity (Wildman–Crippen MR) is 376 cm³/mol. The zero-order valence-electron chi connectivity index (χ0n) is 58.9. The first-order chi connectivity index (χ1) is 46.5. The fourth-order valence-corrected chi connectivity index (χ4v) is 26.5. The molecule has 3 N–H and O–H groups in total. The fourth-order valence-electron chi connectivity index (χ4n) is 26.1. The average Bonchev–Trinajstić information content (AvgIpc) is 1.67. The molecule has 18 heteroatoms. The van der Waals surface area contributed by atoms with Crippen molar-refractivity contribution in [2.24, 2.45) is 128 Å². The number of aliphatic imine (C=N–C) groups is 1. The van der Waals surface area contributed by atoms with Crippen LogP contribution in [0.5, 0.6) is 0 Å². The molecule has 18 rings (SSSR count). The van der Waals surface area contributed by atoms with Gasteiger partial charge >= 0.3 is 0 Å². The van der Waals surface area contributed by atoms with E-state index >= 15 is 0 Å². The number of aliphatic hydroxyl groups is 3. The SMILES string of the molecule is C1=NCc2nccnc21.C[C@@]1(O)CC[C@H]2[C@H](CC[C@@H]3[C@@H]2CC[C@]2(C)[C@@H](C(=O)CBr)CC[C@@H]32)C1.C[C@@]1(O)CC[C@H]2[C@H](CC[C@@H]3[C@@H]2CC[C@]2(C)[C@@H](C(=O)Cn4cc5nccnc5n4)CC[C@@H]32)C1.C[C@@]1(O)CC[C@H]2[C@H](CC[C@@H]3[C@@H]2CC[C@]2(C)[C@@H](C(=O)Cn4ncc5nccnc54)CC[C@@H]32)C1. The molecule has 5 aromatic rings. The maximum Gasteiger partial charge on any atom is 0.199 e. The van der Waals surface area contributed by atoms with Crippen molar-refractivity contribution in [1.82, 2.24) is 49.5 Å². The van der Waals surface area contributed by atoms with E-state index in [1.807, 2.05) is 27.0 Å². The zero-order valence-corrected chi connectivity index (χ0v) is 60.5. The van der Waals surface area contributed by atoms with Crippen LogP contribution in [0.25, 0.3) is 22.3 Å². The Balaban J connectivity index is 0.000000113. The first-order valence-electron chi connectivity index (χ1n) is 38.4. The monoisotopic (exact) mass is 1390 g/mol. The summed E-state index contributed by atoms with van der Waals surface area (Å²) in [4.78, 5) is 68.8. The lowest BCUT2D eigenvalue weighted by molar-refractivity contribution is -0.133. The lowest BCUT2D eigenvalue weighted by atomic mass is 9.49. The highest BCUT2D eigenvalue weighted by atomic mass is 79.9. The van der Waals surface area contributed by atoms with Crippen molar-refractivity contribution in [2.45, 2.75) is 251 Å².